The summed E-state index contributed by atoms with van der Waals surface area (Å²) in [5.74, 6) is -0.380. The number of alkyl halides is 3. The fraction of sp³-hybridized carbons (Fsp3) is 0.250. The second kappa shape index (κ2) is 6.06. The molecule has 0 spiro atoms. The summed E-state index contributed by atoms with van der Waals surface area (Å²) >= 11 is -1.53. The van der Waals surface area contributed by atoms with Gasteiger partial charge in [-0.2, -0.15) is 18.2 Å². The van der Waals surface area contributed by atoms with Gasteiger partial charge in [0.1, 0.15) is 0 Å². The lowest BCUT2D eigenvalue weighted by molar-refractivity contribution is -0.281. The van der Waals surface area contributed by atoms with E-state index >= 15 is 0 Å². The normalized spacial score (nSPS) is 19.5. The van der Waals surface area contributed by atoms with Gasteiger partial charge in [0, 0.05) is 29.5 Å². The molecule has 26 heavy (non-hydrogen) atoms. The van der Waals surface area contributed by atoms with E-state index in [4.69, 9.17) is 0 Å². The molecule has 1 aliphatic heterocycles. The third-order valence-corrected chi connectivity index (χ3v) is 4.92. The quantitative estimate of drug-likeness (QED) is 0.702. The molecule has 0 amide bonds. The van der Waals surface area contributed by atoms with Gasteiger partial charge in [0.25, 0.3) is 0 Å². The lowest BCUT2D eigenvalue weighted by Gasteiger charge is -2.28. The smallest absolute Gasteiger partial charge is 0.468 e. The minimum absolute atomic E-state index is 0.136. The van der Waals surface area contributed by atoms with Gasteiger partial charge >= 0.3 is 17.6 Å². The van der Waals surface area contributed by atoms with E-state index in [0.717, 1.165) is 5.56 Å². The first kappa shape index (κ1) is 17.0. The molecule has 0 fully saturated rings. The number of aryl methyl sites for hydroxylation is 1. The Balaban J connectivity index is 1.62. The van der Waals surface area contributed by atoms with Crippen LogP contribution in [0.4, 0.5) is 13.2 Å². The summed E-state index contributed by atoms with van der Waals surface area (Å²) in [7, 11) is 0. The number of H-pyrrole nitrogens is 1. The zero-order valence-corrected chi connectivity index (χ0v) is 14.1. The third-order valence-electron chi connectivity index (χ3n) is 3.73. The number of benzene rings is 1. The van der Waals surface area contributed by atoms with Crippen LogP contribution < -0.4 is 9.47 Å². The summed E-state index contributed by atoms with van der Waals surface area (Å²) < 4.78 is 61.2. The van der Waals surface area contributed by atoms with Crippen molar-refractivity contribution in [3.8, 4) is 11.5 Å². The Kier molecular flexibility index (Phi) is 3.96. The second-order valence-corrected chi connectivity index (χ2v) is 7.14. The maximum atomic E-state index is 13.3. The van der Waals surface area contributed by atoms with E-state index in [1.165, 1.54) is 12.1 Å². The van der Waals surface area contributed by atoms with Crippen molar-refractivity contribution in [2.45, 2.75) is 30.3 Å². The molecular formula is C16H12F3N3O3S. The van der Waals surface area contributed by atoms with Crippen molar-refractivity contribution in [1.82, 2.24) is 15.0 Å². The Bertz CT molecular complexity index is 965. The van der Waals surface area contributed by atoms with Crippen molar-refractivity contribution in [2.24, 2.45) is 0 Å². The maximum Gasteiger partial charge on any atom is 0.468 e. The van der Waals surface area contributed by atoms with E-state index in [2.05, 4.69) is 24.4 Å². The van der Waals surface area contributed by atoms with Crippen LogP contribution in [0.3, 0.4) is 0 Å². The number of hydrogen-bond acceptors (Lipinski definition) is 5. The number of fused-ring (bicyclic) bond motifs is 2. The first-order chi connectivity index (χ1) is 12.3. The van der Waals surface area contributed by atoms with Crippen molar-refractivity contribution in [3.05, 3.63) is 41.7 Å². The van der Waals surface area contributed by atoms with Crippen LogP contribution in [-0.2, 0) is 16.9 Å². The third kappa shape index (κ3) is 3.06. The Labute approximate surface area is 148 Å². The Morgan fingerprint density at radius 1 is 1.31 bits per heavy atom. The van der Waals surface area contributed by atoms with E-state index in [9.17, 15) is 17.7 Å². The van der Waals surface area contributed by atoms with Crippen molar-refractivity contribution in [2.75, 3.05) is 0 Å². The molecular weight excluding hydrogens is 371 g/mol. The number of aromatic amines is 1. The summed E-state index contributed by atoms with van der Waals surface area (Å²) in [5.41, 5.74) is 2.22. The zero-order chi connectivity index (χ0) is 18.5. The molecule has 0 radical (unpaired) electrons. The monoisotopic (exact) mass is 383 g/mol. The second-order valence-electron chi connectivity index (χ2n) is 5.77. The highest BCUT2D eigenvalue weighted by Crippen LogP contribution is 2.42. The SMILES string of the molecule is Cc1ccc(C[S+]([O-])c2nc3cc4c(cc3[nH]2)OC(F)C(F)(F)O4)nc1. The maximum absolute atomic E-state index is 13.3. The predicted molar refractivity (Wildman–Crippen MR) is 86.3 cm³/mol. The van der Waals surface area contributed by atoms with E-state index in [1.54, 1.807) is 12.3 Å². The number of nitrogens with one attached hydrogen (secondary N) is 1. The van der Waals surface area contributed by atoms with Crippen molar-refractivity contribution in [1.29, 1.82) is 0 Å². The average molecular weight is 383 g/mol. The van der Waals surface area contributed by atoms with Crippen LogP contribution in [0.2, 0.25) is 0 Å². The van der Waals surface area contributed by atoms with Crippen LogP contribution in [0.5, 0.6) is 11.5 Å². The number of halogens is 3. The molecule has 3 heterocycles. The standard InChI is InChI=1S/C16H12F3N3O3S/c1-8-2-3-9(20-6-8)7-26(23)15-21-10-4-12-13(5-11(10)22-15)25-16(18,19)14(17)24-12/h2-6,14H,7H2,1H3,(H,21,22). The summed E-state index contributed by atoms with van der Waals surface area (Å²) in [6, 6.07) is 6.09. The number of nitrogens with zero attached hydrogens (tertiary/aromatic N) is 2. The van der Waals surface area contributed by atoms with Gasteiger partial charge in [0.2, 0.25) is 0 Å². The summed E-state index contributed by atoms with van der Waals surface area (Å²) in [5, 5.41) is 0.147. The zero-order valence-electron chi connectivity index (χ0n) is 13.3. The number of imidazole rings is 1. The molecule has 1 aliphatic rings. The van der Waals surface area contributed by atoms with E-state index in [1.807, 2.05) is 13.0 Å². The van der Waals surface area contributed by atoms with E-state index in [0.29, 0.717) is 11.2 Å². The van der Waals surface area contributed by atoms with Crippen LogP contribution in [-0.4, -0.2) is 32.0 Å². The van der Waals surface area contributed by atoms with Gasteiger partial charge in [-0.1, -0.05) is 6.07 Å². The summed E-state index contributed by atoms with van der Waals surface area (Å²) in [6.45, 7) is 1.89. The Morgan fingerprint density at radius 2 is 2.12 bits per heavy atom. The van der Waals surface area contributed by atoms with Gasteiger partial charge in [-0.05, 0) is 18.6 Å². The minimum Gasteiger partial charge on any atom is -0.609 e. The molecule has 4 rings (SSSR count). The van der Waals surface area contributed by atoms with Crippen LogP contribution >= 0.6 is 0 Å². The van der Waals surface area contributed by atoms with Crippen LogP contribution in [0.25, 0.3) is 11.0 Å². The molecule has 1 aromatic carbocycles. The topological polar surface area (TPSA) is 83.1 Å². The molecule has 1 N–H and O–H groups in total. The highest BCUT2D eigenvalue weighted by atomic mass is 32.2. The first-order valence-electron chi connectivity index (χ1n) is 7.53. The molecule has 0 aliphatic carbocycles. The van der Waals surface area contributed by atoms with Crippen LogP contribution in [0.1, 0.15) is 11.3 Å². The number of ether oxygens (including phenoxy) is 2. The molecule has 136 valence electrons. The van der Waals surface area contributed by atoms with Crippen molar-refractivity contribution < 1.29 is 27.2 Å². The summed E-state index contributed by atoms with van der Waals surface area (Å²) in [6.07, 6.45) is -5.32. The van der Waals surface area contributed by atoms with Gasteiger partial charge in [-0.25, -0.2) is 0 Å². The van der Waals surface area contributed by atoms with Crippen molar-refractivity contribution in [3.63, 3.8) is 0 Å². The molecule has 10 heteroatoms. The van der Waals surface area contributed by atoms with Gasteiger partial charge < -0.3 is 14.0 Å². The van der Waals surface area contributed by atoms with Gasteiger partial charge in [0.15, 0.2) is 17.3 Å². The Morgan fingerprint density at radius 3 is 2.85 bits per heavy atom. The molecule has 0 saturated heterocycles. The van der Waals surface area contributed by atoms with Gasteiger partial charge in [-0.15, -0.1) is 0 Å². The largest absolute Gasteiger partial charge is 0.609 e. The fourth-order valence-corrected chi connectivity index (χ4v) is 3.43. The first-order valence-corrected chi connectivity index (χ1v) is 8.85. The predicted octanol–water partition coefficient (Wildman–Crippen LogP) is 3.23. The molecule has 2 unspecified atom stereocenters. The number of aromatic nitrogens is 3. The van der Waals surface area contributed by atoms with Crippen molar-refractivity contribution >= 4 is 22.2 Å². The van der Waals surface area contributed by atoms with Crippen LogP contribution in [0.15, 0.2) is 35.6 Å². The molecule has 0 bridgehead atoms. The van der Waals surface area contributed by atoms with Crippen LogP contribution in [0, 0.1) is 6.92 Å². The van der Waals surface area contributed by atoms with Gasteiger partial charge in [0.05, 0.1) is 16.7 Å². The summed E-state index contributed by atoms with van der Waals surface area (Å²) in [4.78, 5) is 11.2. The number of rotatable bonds is 3. The molecule has 6 nitrogen and oxygen atoms in total. The highest BCUT2D eigenvalue weighted by molar-refractivity contribution is 7.90. The molecule has 0 saturated carbocycles. The lowest BCUT2D eigenvalue weighted by atomic mass is 10.2. The number of pyridine rings is 1. The average Bonchev–Trinajstić information content (AvgIpc) is 2.99. The minimum atomic E-state index is -4.08. The Hall–Kier alpha value is -2.46. The molecule has 2 aromatic heterocycles. The van der Waals surface area contributed by atoms with Gasteiger partial charge in [-0.3, -0.25) is 9.97 Å². The highest BCUT2D eigenvalue weighted by Gasteiger charge is 2.49. The lowest BCUT2D eigenvalue weighted by Crippen LogP contribution is -2.43. The fourth-order valence-electron chi connectivity index (χ4n) is 2.43. The number of hydrogen-bond donors (Lipinski definition) is 1. The van der Waals surface area contributed by atoms with E-state index in [-0.39, 0.29) is 27.9 Å². The molecule has 2 atom stereocenters. The molecule has 3 aromatic rings. The van der Waals surface area contributed by atoms with E-state index < -0.39 is 23.6 Å².